The Morgan fingerprint density at radius 1 is 0.742 bits per heavy atom. The van der Waals surface area contributed by atoms with Crippen molar-refractivity contribution in [1.82, 2.24) is 4.90 Å². The lowest BCUT2D eigenvalue weighted by atomic mass is 9.82. The molecular formula is C29H49NO. The number of hydrogen-bond acceptors (Lipinski definition) is 2. The van der Waals surface area contributed by atoms with E-state index in [9.17, 15) is 5.11 Å². The number of nitrogens with zero attached hydrogens (tertiary/aromatic N) is 1. The van der Waals surface area contributed by atoms with Gasteiger partial charge in [-0.05, 0) is 37.7 Å². The van der Waals surface area contributed by atoms with E-state index in [4.69, 9.17) is 0 Å². The van der Waals surface area contributed by atoms with Crippen molar-refractivity contribution in [1.29, 1.82) is 0 Å². The van der Waals surface area contributed by atoms with E-state index in [-0.39, 0.29) is 0 Å². The Bertz CT molecular complexity index is 572. The third kappa shape index (κ3) is 8.54. The molecule has 0 aromatic heterocycles. The van der Waals surface area contributed by atoms with Gasteiger partial charge in [0.1, 0.15) is 0 Å². The highest BCUT2D eigenvalue weighted by atomic mass is 16.3. The van der Waals surface area contributed by atoms with Crippen molar-refractivity contribution in [2.45, 2.75) is 147 Å². The molecule has 3 rings (SSSR count). The number of aliphatic hydroxyl groups is 1. The van der Waals surface area contributed by atoms with E-state index in [2.05, 4.69) is 42.2 Å². The van der Waals surface area contributed by atoms with E-state index in [1.54, 1.807) is 0 Å². The highest BCUT2D eigenvalue weighted by molar-refractivity contribution is 5.16. The van der Waals surface area contributed by atoms with Gasteiger partial charge < -0.3 is 5.11 Å². The van der Waals surface area contributed by atoms with Crippen molar-refractivity contribution in [2.24, 2.45) is 0 Å². The lowest BCUT2D eigenvalue weighted by Gasteiger charge is -2.44. The molecule has 2 unspecified atom stereocenters. The molecule has 1 N–H and O–H groups in total. The molecule has 0 aliphatic carbocycles. The molecular weight excluding hydrogens is 378 g/mol. The topological polar surface area (TPSA) is 23.5 Å². The highest BCUT2D eigenvalue weighted by Crippen LogP contribution is 2.43. The lowest BCUT2D eigenvalue weighted by Crippen LogP contribution is -2.50. The van der Waals surface area contributed by atoms with Crippen LogP contribution in [0.1, 0.15) is 128 Å². The summed E-state index contributed by atoms with van der Waals surface area (Å²) >= 11 is 0. The van der Waals surface area contributed by atoms with Gasteiger partial charge in [0, 0.05) is 18.6 Å². The van der Waals surface area contributed by atoms with Crippen LogP contribution >= 0.6 is 0 Å². The molecule has 2 bridgehead atoms. The SMILES string of the molecule is CCCCCCCCCCCCCCCC1(O)CC2CCC(C1)N2Cc1ccccc1. The van der Waals surface area contributed by atoms with Crippen molar-refractivity contribution >= 4 is 0 Å². The average molecular weight is 428 g/mol. The second-order valence-electron chi connectivity index (χ2n) is 10.7. The molecule has 0 saturated carbocycles. The maximum Gasteiger partial charge on any atom is 0.0677 e. The van der Waals surface area contributed by atoms with Crippen molar-refractivity contribution in [2.75, 3.05) is 0 Å². The normalized spacial score (nSPS) is 25.9. The number of piperidine rings is 1. The summed E-state index contributed by atoms with van der Waals surface area (Å²) in [7, 11) is 0. The summed E-state index contributed by atoms with van der Waals surface area (Å²) in [6.07, 6.45) is 23.7. The lowest BCUT2D eigenvalue weighted by molar-refractivity contribution is -0.0611. The minimum Gasteiger partial charge on any atom is -0.390 e. The predicted molar refractivity (Wildman–Crippen MR) is 133 cm³/mol. The Hall–Kier alpha value is -0.860. The van der Waals surface area contributed by atoms with Crippen LogP contribution in [0.2, 0.25) is 0 Å². The third-order valence-electron chi connectivity index (χ3n) is 7.96. The van der Waals surface area contributed by atoms with Crippen LogP contribution in [0.5, 0.6) is 0 Å². The van der Waals surface area contributed by atoms with Crippen LogP contribution in [0.4, 0.5) is 0 Å². The van der Waals surface area contributed by atoms with Crippen molar-refractivity contribution in [3.8, 4) is 0 Å². The quantitative estimate of drug-likeness (QED) is 0.270. The molecule has 2 aliphatic rings. The molecule has 2 aliphatic heterocycles. The van der Waals surface area contributed by atoms with Gasteiger partial charge in [-0.2, -0.15) is 0 Å². The van der Waals surface area contributed by atoms with Crippen LogP contribution in [-0.4, -0.2) is 27.7 Å². The van der Waals surface area contributed by atoms with Gasteiger partial charge >= 0.3 is 0 Å². The second kappa shape index (κ2) is 13.6. The first-order chi connectivity index (χ1) is 15.2. The van der Waals surface area contributed by atoms with Crippen LogP contribution in [0, 0.1) is 0 Å². The molecule has 2 atom stereocenters. The number of hydrogen-bond donors (Lipinski definition) is 1. The zero-order valence-corrected chi connectivity index (χ0v) is 20.4. The molecule has 1 aromatic rings. The molecule has 176 valence electrons. The molecule has 0 radical (unpaired) electrons. The van der Waals surface area contributed by atoms with Crippen LogP contribution in [0.3, 0.4) is 0 Å². The molecule has 2 nitrogen and oxygen atoms in total. The molecule has 31 heavy (non-hydrogen) atoms. The maximum atomic E-state index is 11.3. The molecule has 1 aromatic carbocycles. The Balaban J connectivity index is 1.22. The van der Waals surface area contributed by atoms with Crippen LogP contribution < -0.4 is 0 Å². The Morgan fingerprint density at radius 2 is 1.23 bits per heavy atom. The average Bonchev–Trinajstić information content (AvgIpc) is 3.02. The zero-order chi connectivity index (χ0) is 21.8. The number of unbranched alkanes of at least 4 members (excludes halogenated alkanes) is 12. The van der Waals surface area contributed by atoms with E-state index in [0.29, 0.717) is 12.1 Å². The predicted octanol–water partition coefficient (Wildman–Crippen LogP) is 8.03. The summed E-state index contributed by atoms with van der Waals surface area (Å²) in [5, 5.41) is 11.3. The minimum absolute atomic E-state index is 0.392. The van der Waals surface area contributed by atoms with Gasteiger partial charge in [-0.1, -0.05) is 121 Å². The zero-order valence-electron chi connectivity index (χ0n) is 20.4. The Labute approximate surface area is 192 Å². The van der Waals surface area contributed by atoms with Gasteiger partial charge in [-0.15, -0.1) is 0 Å². The smallest absolute Gasteiger partial charge is 0.0677 e. The van der Waals surface area contributed by atoms with Crippen LogP contribution in [0.15, 0.2) is 30.3 Å². The van der Waals surface area contributed by atoms with E-state index in [1.165, 1.54) is 102 Å². The second-order valence-corrected chi connectivity index (χ2v) is 10.7. The minimum atomic E-state index is -0.392. The molecule has 2 heteroatoms. The van der Waals surface area contributed by atoms with E-state index < -0.39 is 5.60 Å². The fourth-order valence-corrected chi connectivity index (χ4v) is 6.14. The van der Waals surface area contributed by atoms with Gasteiger partial charge in [0.2, 0.25) is 0 Å². The van der Waals surface area contributed by atoms with Crippen molar-refractivity contribution in [3.63, 3.8) is 0 Å². The summed E-state index contributed by atoms with van der Waals surface area (Å²) in [4.78, 5) is 2.69. The maximum absolute atomic E-state index is 11.3. The monoisotopic (exact) mass is 427 g/mol. The van der Waals surface area contributed by atoms with E-state index >= 15 is 0 Å². The van der Waals surface area contributed by atoms with Gasteiger partial charge in [0.25, 0.3) is 0 Å². The molecule has 2 heterocycles. The van der Waals surface area contributed by atoms with Crippen LogP contribution in [0.25, 0.3) is 0 Å². The Morgan fingerprint density at radius 3 is 1.74 bits per heavy atom. The first kappa shape index (κ1) is 24.8. The first-order valence-electron chi connectivity index (χ1n) is 13.7. The first-order valence-corrected chi connectivity index (χ1v) is 13.7. The number of rotatable bonds is 16. The van der Waals surface area contributed by atoms with E-state index in [0.717, 1.165) is 25.8 Å². The largest absolute Gasteiger partial charge is 0.390 e. The fourth-order valence-electron chi connectivity index (χ4n) is 6.14. The van der Waals surface area contributed by atoms with Crippen molar-refractivity contribution < 1.29 is 5.11 Å². The fraction of sp³-hybridized carbons (Fsp3) is 0.793. The third-order valence-corrected chi connectivity index (χ3v) is 7.96. The molecule has 2 saturated heterocycles. The number of fused-ring (bicyclic) bond motifs is 2. The Kier molecular flexibility index (Phi) is 10.9. The standard InChI is InChI=1S/C29H49NO/c1-2-3-4-5-6-7-8-9-10-11-12-13-17-22-29(31)23-27-20-21-28(24-29)30(27)25-26-18-15-14-16-19-26/h14-16,18-19,27-28,31H,2-13,17,20-25H2,1H3. The summed E-state index contributed by atoms with van der Waals surface area (Å²) in [5.74, 6) is 0. The van der Waals surface area contributed by atoms with Gasteiger partial charge in [-0.3, -0.25) is 4.90 Å². The summed E-state index contributed by atoms with van der Waals surface area (Å²) in [6.45, 7) is 3.35. The van der Waals surface area contributed by atoms with E-state index in [1.807, 2.05) is 0 Å². The summed E-state index contributed by atoms with van der Waals surface area (Å²) in [6, 6.07) is 12.1. The molecule has 2 fully saturated rings. The van der Waals surface area contributed by atoms with Gasteiger partial charge in [0.15, 0.2) is 0 Å². The van der Waals surface area contributed by atoms with Crippen molar-refractivity contribution in [3.05, 3.63) is 35.9 Å². The summed E-state index contributed by atoms with van der Waals surface area (Å²) in [5.41, 5.74) is 1.03. The molecule has 0 amide bonds. The van der Waals surface area contributed by atoms with Gasteiger partial charge in [-0.25, -0.2) is 0 Å². The molecule has 0 spiro atoms. The summed E-state index contributed by atoms with van der Waals surface area (Å²) < 4.78 is 0. The number of benzene rings is 1. The highest BCUT2D eigenvalue weighted by Gasteiger charge is 2.46. The van der Waals surface area contributed by atoms with Crippen LogP contribution in [-0.2, 0) is 6.54 Å². The van der Waals surface area contributed by atoms with Gasteiger partial charge in [0.05, 0.1) is 5.60 Å².